The number of amides is 2. The molecule has 0 saturated heterocycles. The molecule has 1 fully saturated rings. The summed E-state index contributed by atoms with van der Waals surface area (Å²) in [6, 6.07) is 0. The Morgan fingerprint density at radius 2 is 1.72 bits per heavy atom. The van der Waals surface area contributed by atoms with Crippen molar-refractivity contribution < 1.29 is 9.59 Å². The molecule has 4 heteroatoms. The van der Waals surface area contributed by atoms with Gasteiger partial charge in [-0.15, -0.1) is 0 Å². The first-order valence-electron chi connectivity index (χ1n) is 6.93. The van der Waals surface area contributed by atoms with E-state index in [0.29, 0.717) is 19.4 Å². The van der Waals surface area contributed by atoms with Gasteiger partial charge in [0.05, 0.1) is 0 Å². The highest BCUT2D eigenvalue weighted by atomic mass is 16.2. The van der Waals surface area contributed by atoms with Gasteiger partial charge in [-0.2, -0.15) is 0 Å². The molecule has 2 amide bonds. The molecule has 1 aliphatic carbocycles. The first kappa shape index (κ1) is 15.0. The molecule has 0 aromatic heterocycles. The first-order chi connectivity index (χ1) is 8.32. The van der Waals surface area contributed by atoms with Gasteiger partial charge in [-0.05, 0) is 40.0 Å². The predicted octanol–water partition coefficient (Wildman–Crippen LogP) is 1.99. The Hall–Kier alpha value is -1.06. The van der Waals surface area contributed by atoms with Crippen molar-refractivity contribution in [3.05, 3.63) is 0 Å². The second kappa shape index (κ2) is 5.72. The Balaban J connectivity index is 2.43. The van der Waals surface area contributed by atoms with E-state index in [1.54, 1.807) is 0 Å². The second-order valence-corrected chi connectivity index (χ2v) is 6.25. The van der Waals surface area contributed by atoms with Crippen LogP contribution in [0.3, 0.4) is 0 Å². The first-order valence-corrected chi connectivity index (χ1v) is 6.93. The Morgan fingerprint density at radius 3 is 2.17 bits per heavy atom. The number of hydrogen-bond acceptors (Lipinski definition) is 2. The lowest BCUT2D eigenvalue weighted by Gasteiger charge is -2.24. The van der Waals surface area contributed by atoms with Crippen LogP contribution in [0.25, 0.3) is 0 Å². The number of rotatable bonds is 6. The number of unbranched alkanes of at least 4 members (excludes halogenated alkanes) is 2. The quantitative estimate of drug-likeness (QED) is 0.562. The monoisotopic (exact) mass is 254 g/mol. The van der Waals surface area contributed by atoms with E-state index in [0.717, 1.165) is 19.3 Å². The maximum atomic E-state index is 12.1. The number of hydrogen-bond donors (Lipinski definition) is 2. The Labute approximate surface area is 110 Å². The molecule has 1 aliphatic rings. The largest absolute Gasteiger partial charge is 0.355 e. The van der Waals surface area contributed by atoms with E-state index in [2.05, 4.69) is 17.6 Å². The fourth-order valence-corrected chi connectivity index (χ4v) is 1.89. The van der Waals surface area contributed by atoms with Crippen molar-refractivity contribution in [1.82, 2.24) is 10.6 Å². The summed E-state index contributed by atoms with van der Waals surface area (Å²) in [6.07, 6.45) is 4.58. The summed E-state index contributed by atoms with van der Waals surface area (Å²) in [4.78, 5) is 24.1. The van der Waals surface area contributed by atoms with Crippen molar-refractivity contribution in [2.75, 3.05) is 6.54 Å². The highest BCUT2D eigenvalue weighted by Gasteiger charge is 2.56. The van der Waals surface area contributed by atoms with Gasteiger partial charge in [0, 0.05) is 12.1 Å². The van der Waals surface area contributed by atoms with E-state index in [1.807, 2.05) is 20.8 Å². The van der Waals surface area contributed by atoms with Crippen molar-refractivity contribution in [2.45, 2.75) is 65.3 Å². The molecule has 2 N–H and O–H groups in total. The number of carbonyl (C=O) groups is 2. The Morgan fingerprint density at radius 1 is 1.11 bits per heavy atom. The van der Waals surface area contributed by atoms with E-state index >= 15 is 0 Å². The minimum atomic E-state index is -0.778. The molecule has 0 atom stereocenters. The third-order valence-electron chi connectivity index (χ3n) is 3.17. The van der Waals surface area contributed by atoms with Gasteiger partial charge in [-0.25, -0.2) is 0 Å². The van der Waals surface area contributed by atoms with Gasteiger partial charge in [0.25, 0.3) is 0 Å². The van der Waals surface area contributed by atoms with Crippen molar-refractivity contribution in [2.24, 2.45) is 5.41 Å². The van der Waals surface area contributed by atoms with Crippen LogP contribution in [-0.2, 0) is 9.59 Å². The van der Waals surface area contributed by atoms with E-state index in [1.165, 1.54) is 0 Å². The van der Waals surface area contributed by atoms with Crippen LogP contribution >= 0.6 is 0 Å². The highest BCUT2D eigenvalue weighted by molar-refractivity contribution is 6.08. The smallest absolute Gasteiger partial charge is 0.236 e. The zero-order valence-corrected chi connectivity index (χ0v) is 12.1. The maximum Gasteiger partial charge on any atom is 0.236 e. The van der Waals surface area contributed by atoms with E-state index in [-0.39, 0.29) is 17.4 Å². The lowest BCUT2D eigenvalue weighted by Crippen LogP contribution is -2.49. The molecular weight excluding hydrogens is 228 g/mol. The topological polar surface area (TPSA) is 58.2 Å². The number of carbonyl (C=O) groups excluding carboxylic acids is 2. The van der Waals surface area contributed by atoms with Crippen molar-refractivity contribution in [3.63, 3.8) is 0 Å². The fourth-order valence-electron chi connectivity index (χ4n) is 1.89. The summed E-state index contributed by atoms with van der Waals surface area (Å²) in [5.41, 5.74) is -1.06. The zero-order chi connectivity index (χ0) is 13.8. The molecule has 1 saturated carbocycles. The number of nitrogens with one attached hydrogen (secondary N) is 2. The van der Waals surface area contributed by atoms with Gasteiger partial charge < -0.3 is 10.6 Å². The highest BCUT2D eigenvalue weighted by Crippen LogP contribution is 2.46. The summed E-state index contributed by atoms with van der Waals surface area (Å²) in [5, 5.41) is 5.79. The van der Waals surface area contributed by atoms with Crippen LogP contribution in [-0.4, -0.2) is 23.9 Å². The predicted molar refractivity (Wildman–Crippen MR) is 72.1 cm³/mol. The minimum Gasteiger partial charge on any atom is -0.355 e. The van der Waals surface area contributed by atoms with E-state index in [4.69, 9.17) is 0 Å². The van der Waals surface area contributed by atoms with E-state index < -0.39 is 5.41 Å². The molecule has 1 rings (SSSR count). The molecule has 18 heavy (non-hydrogen) atoms. The summed E-state index contributed by atoms with van der Waals surface area (Å²) < 4.78 is 0. The lowest BCUT2D eigenvalue weighted by atomic mass is 10.0. The van der Waals surface area contributed by atoms with Gasteiger partial charge in [-0.3, -0.25) is 9.59 Å². The Bertz CT molecular complexity index is 314. The van der Waals surface area contributed by atoms with Gasteiger partial charge in [0.1, 0.15) is 5.41 Å². The summed E-state index contributed by atoms with van der Waals surface area (Å²) >= 11 is 0. The third-order valence-corrected chi connectivity index (χ3v) is 3.17. The van der Waals surface area contributed by atoms with Crippen LogP contribution in [0, 0.1) is 5.41 Å². The van der Waals surface area contributed by atoms with Crippen molar-refractivity contribution >= 4 is 11.8 Å². The summed E-state index contributed by atoms with van der Waals surface area (Å²) in [6.45, 7) is 8.60. The van der Waals surface area contributed by atoms with Crippen LogP contribution in [0.5, 0.6) is 0 Å². The maximum absolute atomic E-state index is 12.1. The SMILES string of the molecule is CCCCCNC(=O)C1(C(=O)NC(C)(C)C)CC1. The second-order valence-electron chi connectivity index (χ2n) is 6.25. The zero-order valence-electron chi connectivity index (χ0n) is 12.1. The molecular formula is C14H26N2O2. The van der Waals surface area contributed by atoms with Crippen LogP contribution in [0.1, 0.15) is 59.8 Å². The van der Waals surface area contributed by atoms with Gasteiger partial charge in [0.15, 0.2) is 0 Å². The molecule has 104 valence electrons. The van der Waals surface area contributed by atoms with E-state index in [9.17, 15) is 9.59 Å². The fraction of sp³-hybridized carbons (Fsp3) is 0.857. The minimum absolute atomic E-state index is 0.0969. The Kier molecular flexibility index (Phi) is 4.77. The molecule has 0 unspecified atom stereocenters. The molecule has 0 radical (unpaired) electrons. The molecule has 0 aliphatic heterocycles. The third kappa shape index (κ3) is 4.00. The van der Waals surface area contributed by atoms with Crippen LogP contribution in [0.2, 0.25) is 0 Å². The molecule has 0 aromatic carbocycles. The van der Waals surface area contributed by atoms with Crippen molar-refractivity contribution in [3.8, 4) is 0 Å². The van der Waals surface area contributed by atoms with Crippen LogP contribution in [0.4, 0.5) is 0 Å². The molecule has 0 aromatic rings. The molecule has 4 nitrogen and oxygen atoms in total. The van der Waals surface area contributed by atoms with Gasteiger partial charge in [0.2, 0.25) is 11.8 Å². The van der Waals surface area contributed by atoms with Gasteiger partial charge in [-0.1, -0.05) is 19.8 Å². The molecule has 0 bridgehead atoms. The summed E-state index contributed by atoms with van der Waals surface area (Å²) in [7, 11) is 0. The van der Waals surface area contributed by atoms with Gasteiger partial charge >= 0.3 is 0 Å². The average molecular weight is 254 g/mol. The molecule has 0 heterocycles. The van der Waals surface area contributed by atoms with Crippen LogP contribution in [0.15, 0.2) is 0 Å². The van der Waals surface area contributed by atoms with Crippen molar-refractivity contribution in [1.29, 1.82) is 0 Å². The molecule has 0 spiro atoms. The normalized spacial score (nSPS) is 17.1. The summed E-state index contributed by atoms with van der Waals surface area (Å²) in [5.74, 6) is -0.219. The average Bonchev–Trinajstić information content (AvgIpc) is 3.02. The standard InChI is InChI=1S/C14H26N2O2/c1-5-6-7-10-15-11(17)14(8-9-14)12(18)16-13(2,3)4/h5-10H2,1-4H3,(H,15,17)(H,16,18). The van der Waals surface area contributed by atoms with Crippen LogP contribution < -0.4 is 10.6 Å². The lowest BCUT2D eigenvalue weighted by molar-refractivity contribution is -0.138.